The first kappa shape index (κ1) is 38.8. The Morgan fingerprint density at radius 2 is 1.17 bits per heavy atom. The van der Waals surface area contributed by atoms with E-state index in [1.807, 2.05) is 0 Å². The molecule has 0 aromatic carbocycles. The fraction of sp³-hybridized carbons (Fsp3) is 0.500. The molecule has 2 N–H and O–H groups in total. The number of aliphatic hydroxyl groups is 1. The van der Waals surface area contributed by atoms with Crippen molar-refractivity contribution in [3.8, 4) is 0 Å². The van der Waals surface area contributed by atoms with Crippen molar-refractivity contribution in [1.82, 2.24) is 0 Å². The molecule has 0 bridgehead atoms. The summed E-state index contributed by atoms with van der Waals surface area (Å²) >= 11 is 0. The van der Waals surface area contributed by atoms with Gasteiger partial charge in [0.1, 0.15) is 5.60 Å². The molecule has 124 valence electrons. The van der Waals surface area contributed by atoms with Gasteiger partial charge in [0.15, 0.2) is 0 Å². The van der Waals surface area contributed by atoms with Crippen molar-refractivity contribution in [2.45, 2.75) is 25.4 Å². The Morgan fingerprint density at radius 1 is 1.00 bits per heavy atom. The maximum atomic E-state index is 10.1. The number of carboxylic acid groups (broad SMARTS) is 4. The molecule has 0 aromatic heterocycles. The monoisotopic (exact) mass is 416 g/mol. The predicted octanol–water partition coefficient (Wildman–Crippen LogP) is -11.6. The summed E-state index contributed by atoms with van der Waals surface area (Å²) < 4.78 is 8.35. The van der Waals surface area contributed by atoms with Gasteiger partial charge in [0.2, 0.25) is 0 Å². The second-order valence-corrected chi connectivity index (χ2v) is 3.16. The molecule has 0 amide bonds. The summed E-state index contributed by atoms with van der Waals surface area (Å²) in [4.78, 5) is 47.3. The van der Waals surface area contributed by atoms with Crippen LogP contribution in [0.2, 0.25) is 0 Å². The fourth-order valence-electron chi connectivity index (χ4n) is 0.684. The van der Waals surface area contributed by atoms with Gasteiger partial charge >= 0.3 is 75.6 Å². The number of carbonyl (C=O) groups is 4. The zero-order chi connectivity index (χ0) is 16.9. The molecule has 0 saturated carbocycles. The van der Waals surface area contributed by atoms with E-state index < -0.39 is 51.0 Å². The van der Waals surface area contributed by atoms with E-state index in [2.05, 4.69) is 0 Å². The predicted molar refractivity (Wildman–Crippen MR) is 50.1 cm³/mol. The van der Waals surface area contributed by atoms with Crippen LogP contribution in [0.3, 0.4) is 0 Å². The topological polar surface area (TPSA) is 218 Å². The molecule has 0 aliphatic heterocycles. The Kier molecular flexibility index (Phi) is 37.8. The number of hydrogen-bond donors (Lipinski definition) is 2. The van der Waals surface area contributed by atoms with Crippen molar-refractivity contribution in [3.05, 3.63) is 0 Å². The minimum Gasteiger partial charge on any atom is -0.772 e. The third-order valence-corrected chi connectivity index (χ3v) is 1.25. The summed E-state index contributed by atoms with van der Waals surface area (Å²) in [6.45, 7) is 1.08. The normalized spacial score (nSPS) is 8.13. The van der Waals surface area contributed by atoms with Gasteiger partial charge in [0.05, 0.1) is 14.7 Å². The molecular weight excluding hydrogens is 408 g/mol. The van der Waals surface area contributed by atoms with E-state index in [0.717, 1.165) is 6.92 Å². The first-order valence-electron chi connectivity index (χ1n) is 4.41. The number of carboxylic acids is 4. The molecule has 0 radical (unpaired) electrons. The zero-order valence-corrected chi connectivity index (χ0v) is 18.1. The van der Waals surface area contributed by atoms with Crippen LogP contribution < -0.4 is 79.3 Å². The van der Waals surface area contributed by atoms with Gasteiger partial charge in [0, 0.05) is 31.7 Å². The summed E-state index contributed by atoms with van der Waals surface area (Å²) in [6, 6.07) is 0. The second kappa shape index (κ2) is 22.4. The van der Waals surface area contributed by atoms with Crippen LogP contribution in [0.15, 0.2) is 0 Å². The molecule has 0 heterocycles. The molecule has 0 rings (SSSR count). The van der Waals surface area contributed by atoms with Crippen molar-refractivity contribution >= 4 is 32.6 Å². The molecule has 15 heteroatoms. The second-order valence-electron chi connectivity index (χ2n) is 3.01. The molecule has 0 aliphatic carbocycles. The van der Waals surface area contributed by atoms with Crippen LogP contribution in [0.1, 0.15) is 19.8 Å². The summed E-state index contributed by atoms with van der Waals surface area (Å²) in [5, 5.41) is 46.3. The molecule has 0 spiro atoms. The van der Waals surface area contributed by atoms with Crippen LogP contribution in [0.4, 0.5) is 0 Å². The number of carbonyl (C=O) groups excluding carboxylic acids is 3. The van der Waals surface area contributed by atoms with Crippen LogP contribution in [0.5, 0.6) is 0 Å². The third-order valence-electron chi connectivity index (χ3n) is 1.25. The molecule has 0 aliphatic rings. The molecule has 0 saturated heterocycles. The Morgan fingerprint density at radius 3 is 1.26 bits per heavy atom. The Labute approximate surface area is 186 Å². The maximum Gasteiger partial charge on any atom is 2.00 e. The molecule has 11 nitrogen and oxygen atoms in total. The van der Waals surface area contributed by atoms with Crippen LogP contribution in [0, 0.1) is 0 Å². The molecule has 0 aromatic rings. The van der Waals surface area contributed by atoms with E-state index in [0.29, 0.717) is 0 Å². The zero-order valence-electron chi connectivity index (χ0n) is 12.2. The summed E-state index contributed by atoms with van der Waals surface area (Å²) in [5.41, 5.74) is -2.97. The van der Waals surface area contributed by atoms with Gasteiger partial charge in [-0.05, 0) is 0 Å². The van der Waals surface area contributed by atoms with E-state index in [1.165, 1.54) is 0 Å². The summed E-state index contributed by atoms with van der Waals surface area (Å²) in [7, 11) is -1.08. The molecule has 0 unspecified atom stereocenters. The Hall–Kier alpha value is 0.394. The van der Waals surface area contributed by atoms with Gasteiger partial charge in [-0.3, -0.25) is 9.36 Å². The minimum absolute atomic E-state index is 0. The summed E-state index contributed by atoms with van der Waals surface area (Å²) in [6.07, 6.45) is -2.72. The van der Waals surface area contributed by atoms with E-state index in [-0.39, 0.29) is 75.6 Å². The van der Waals surface area contributed by atoms with Crippen molar-refractivity contribution in [1.29, 1.82) is 0 Å². The molecule has 0 fully saturated rings. The number of hydrogen-bond acceptors (Lipinski definition) is 10. The largest absolute Gasteiger partial charge is 2.00 e. The van der Waals surface area contributed by atoms with E-state index in [9.17, 15) is 29.7 Å². The first-order chi connectivity index (χ1) is 8.92. The molecule has 0 atom stereocenters. The minimum atomic E-state index is -2.97. The van der Waals surface area contributed by atoms with E-state index in [1.54, 1.807) is 0 Å². The van der Waals surface area contributed by atoms with Crippen LogP contribution >= 0.6 is 8.69 Å². The van der Waals surface area contributed by atoms with Gasteiger partial charge in [-0.2, -0.15) is 0 Å². The fourth-order valence-corrected chi connectivity index (χ4v) is 0.684. The summed E-state index contributed by atoms with van der Waals surface area (Å²) in [5.74, 6) is -6.82. The first-order valence-corrected chi connectivity index (χ1v) is 5.14. The van der Waals surface area contributed by atoms with Crippen molar-refractivity contribution in [3.63, 3.8) is 0 Å². The van der Waals surface area contributed by atoms with Crippen LogP contribution in [-0.4, -0.2) is 39.7 Å². The smallest absolute Gasteiger partial charge is 0.772 e. The SMILES string of the molecule is CC(=O)O.O=C([O-])CC(O)(CC(=O)[O-])C(=O)[O-].O=P[O-].[Na+].[Na+].[Ni+2]. The standard InChI is InChI=1S/C6H8O7.C2H4O2.2Na.Ni.HO2P/c7-3(8)1-6(13,5(11)12)2-4(9)10;1-2(3)4;;;;1-3-2/h13H,1-2H2,(H,7,8)(H,9,10)(H,11,12);1H3,(H,3,4);;;;(H,1,2)/q;;2*+1;+2;/p-4. The van der Waals surface area contributed by atoms with Crippen molar-refractivity contribution in [2.75, 3.05) is 0 Å². The number of rotatable bonds is 5. The van der Waals surface area contributed by atoms with Crippen molar-refractivity contribution < 1.29 is 130 Å². The van der Waals surface area contributed by atoms with Gasteiger partial charge < -0.3 is 44.8 Å². The van der Waals surface area contributed by atoms with E-state index >= 15 is 0 Å². The maximum absolute atomic E-state index is 10.1. The van der Waals surface area contributed by atoms with Gasteiger partial charge in [-0.25, -0.2) is 0 Å². The average molecular weight is 417 g/mol. The number of aliphatic carboxylic acids is 4. The van der Waals surface area contributed by atoms with E-state index in [4.69, 9.17) is 24.5 Å². The van der Waals surface area contributed by atoms with Gasteiger partial charge in [-0.1, -0.05) is 0 Å². The van der Waals surface area contributed by atoms with Crippen molar-refractivity contribution in [2.24, 2.45) is 0 Å². The molecular formula is C8H9Na2NiO11P. The van der Waals surface area contributed by atoms with Crippen LogP contribution in [0.25, 0.3) is 0 Å². The third kappa shape index (κ3) is 34.7. The average Bonchev–Trinajstić information content (AvgIpc) is 2.14. The Bertz CT molecular complexity index is 359. The molecule has 23 heavy (non-hydrogen) atoms. The Balaban J connectivity index is -0.0000000620. The van der Waals surface area contributed by atoms with Gasteiger partial charge in [-0.15, -0.1) is 0 Å². The van der Waals surface area contributed by atoms with Crippen LogP contribution in [-0.2, 0) is 40.2 Å². The van der Waals surface area contributed by atoms with Gasteiger partial charge in [0.25, 0.3) is 5.97 Å². The quantitative estimate of drug-likeness (QED) is 0.316.